The molecule has 0 saturated carbocycles. The van der Waals surface area contributed by atoms with E-state index in [1.807, 2.05) is 11.8 Å². The molecule has 0 bridgehead atoms. The first-order valence-corrected chi connectivity index (χ1v) is 9.27. The molecule has 0 radical (unpaired) electrons. The molecule has 1 aliphatic rings. The zero-order valence-corrected chi connectivity index (χ0v) is 16.0. The van der Waals surface area contributed by atoms with Gasteiger partial charge >= 0.3 is 5.97 Å². The number of carbonyl (C=O) groups is 2. The Morgan fingerprint density at radius 1 is 1.14 bits per heavy atom. The Kier molecular flexibility index (Phi) is 5.73. The molecule has 1 fully saturated rings. The van der Waals surface area contributed by atoms with E-state index < -0.39 is 5.97 Å². The highest BCUT2D eigenvalue weighted by molar-refractivity contribution is 5.96. The van der Waals surface area contributed by atoms with E-state index >= 15 is 0 Å². The largest absolute Gasteiger partial charge is 0.506 e. The number of aromatic hydroxyl groups is 1. The fourth-order valence-corrected chi connectivity index (χ4v) is 3.50. The second-order valence-corrected chi connectivity index (χ2v) is 6.64. The summed E-state index contributed by atoms with van der Waals surface area (Å²) in [6.07, 6.45) is 2.02. The van der Waals surface area contributed by atoms with Crippen molar-refractivity contribution in [3.05, 3.63) is 47.5 Å². The van der Waals surface area contributed by atoms with Crippen molar-refractivity contribution in [2.24, 2.45) is 0 Å². The van der Waals surface area contributed by atoms with Gasteiger partial charge in [0.25, 0.3) is 5.91 Å². The van der Waals surface area contributed by atoms with Crippen LogP contribution in [0.5, 0.6) is 11.5 Å². The predicted molar refractivity (Wildman–Crippen MR) is 106 cm³/mol. The number of likely N-dealkylation sites (tertiary alicyclic amines) is 1. The van der Waals surface area contributed by atoms with E-state index in [1.54, 1.807) is 29.2 Å². The van der Waals surface area contributed by atoms with Crippen LogP contribution in [0.3, 0.4) is 0 Å². The maximum absolute atomic E-state index is 12.5. The van der Waals surface area contributed by atoms with Crippen molar-refractivity contribution in [2.75, 3.05) is 31.6 Å². The maximum atomic E-state index is 12.5. The first-order chi connectivity index (χ1) is 13.5. The quantitative estimate of drug-likeness (QED) is 0.792. The van der Waals surface area contributed by atoms with Gasteiger partial charge in [0.05, 0.1) is 12.8 Å². The molecule has 0 spiro atoms. The summed E-state index contributed by atoms with van der Waals surface area (Å²) in [6, 6.07) is 9.66. The second kappa shape index (κ2) is 8.21. The summed E-state index contributed by atoms with van der Waals surface area (Å²) in [7, 11) is 1.41. The van der Waals surface area contributed by atoms with Gasteiger partial charge in [-0.25, -0.2) is 4.79 Å². The SMILES string of the molecule is CCN(c1ccc(C(=O)O)c(OC)c1)c1ccc(C(=O)N2CCCC2)cc1O. The maximum Gasteiger partial charge on any atom is 0.339 e. The smallest absolute Gasteiger partial charge is 0.339 e. The van der Waals surface area contributed by atoms with Crippen LogP contribution in [-0.4, -0.2) is 53.7 Å². The minimum absolute atomic E-state index is 0.00632. The first kappa shape index (κ1) is 19.5. The van der Waals surface area contributed by atoms with Gasteiger partial charge in [-0.1, -0.05) is 0 Å². The molecule has 0 atom stereocenters. The zero-order valence-electron chi connectivity index (χ0n) is 16.0. The molecule has 0 aliphatic carbocycles. The van der Waals surface area contributed by atoms with Gasteiger partial charge in [-0.05, 0) is 50.1 Å². The van der Waals surface area contributed by atoms with Crippen LogP contribution in [0, 0.1) is 0 Å². The fourth-order valence-electron chi connectivity index (χ4n) is 3.50. The Morgan fingerprint density at radius 3 is 2.43 bits per heavy atom. The molecule has 3 rings (SSSR count). The number of carbonyl (C=O) groups excluding carboxylic acids is 1. The van der Waals surface area contributed by atoms with Crippen LogP contribution >= 0.6 is 0 Å². The molecule has 7 heteroatoms. The van der Waals surface area contributed by atoms with Crippen LogP contribution in [0.4, 0.5) is 11.4 Å². The number of aromatic carboxylic acids is 1. The van der Waals surface area contributed by atoms with Crippen molar-refractivity contribution in [1.29, 1.82) is 0 Å². The molecule has 2 N–H and O–H groups in total. The highest BCUT2D eigenvalue weighted by Crippen LogP contribution is 2.36. The summed E-state index contributed by atoms with van der Waals surface area (Å²) in [5, 5.41) is 19.8. The summed E-state index contributed by atoms with van der Waals surface area (Å²) in [5.74, 6) is -0.911. The van der Waals surface area contributed by atoms with Gasteiger partial charge in [0, 0.05) is 37.0 Å². The standard InChI is InChI=1S/C21H24N2O5/c1-3-23(15-7-8-16(21(26)27)19(13-15)28-2)17-9-6-14(12-18(17)24)20(25)22-10-4-5-11-22/h6-9,12-13,24H,3-5,10-11H2,1-2H3,(H,26,27). The lowest BCUT2D eigenvalue weighted by molar-refractivity contribution is 0.0692. The van der Waals surface area contributed by atoms with Crippen LogP contribution in [0.2, 0.25) is 0 Å². The van der Waals surface area contributed by atoms with Crippen molar-refractivity contribution in [3.63, 3.8) is 0 Å². The van der Waals surface area contributed by atoms with Gasteiger partial charge in [0.15, 0.2) is 0 Å². The third kappa shape index (κ3) is 3.74. The van der Waals surface area contributed by atoms with Crippen LogP contribution in [0.25, 0.3) is 0 Å². The monoisotopic (exact) mass is 384 g/mol. The van der Waals surface area contributed by atoms with Gasteiger partial charge in [-0.3, -0.25) is 4.79 Å². The molecule has 1 aliphatic heterocycles. The zero-order chi connectivity index (χ0) is 20.3. The lowest BCUT2D eigenvalue weighted by atomic mass is 10.1. The van der Waals surface area contributed by atoms with Gasteiger partial charge in [-0.15, -0.1) is 0 Å². The Labute approximate surface area is 163 Å². The molecule has 2 aromatic carbocycles. The number of methoxy groups -OCH3 is 1. The predicted octanol–water partition coefficient (Wildman–Crippen LogP) is 3.49. The number of carboxylic acid groups (broad SMARTS) is 1. The van der Waals surface area contributed by atoms with Crippen LogP contribution in [0.1, 0.15) is 40.5 Å². The summed E-state index contributed by atoms with van der Waals surface area (Å²) >= 11 is 0. The van der Waals surface area contributed by atoms with Crippen molar-refractivity contribution in [1.82, 2.24) is 4.90 Å². The molecule has 7 nitrogen and oxygen atoms in total. The van der Waals surface area contributed by atoms with E-state index in [0.717, 1.165) is 25.9 Å². The Balaban J connectivity index is 1.92. The molecule has 0 unspecified atom stereocenters. The van der Waals surface area contributed by atoms with Crippen molar-refractivity contribution < 1.29 is 24.5 Å². The number of nitrogens with zero attached hydrogens (tertiary/aromatic N) is 2. The van der Waals surface area contributed by atoms with Gasteiger partial charge in [-0.2, -0.15) is 0 Å². The van der Waals surface area contributed by atoms with Gasteiger partial charge in [0.1, 0.15) is 17.1 Å². The minimum atomic E-state index is -1.07. The van der Waals surface area contributed by atoms with E-state index in [9.17, 15) is 19.8 Å². The Bertz CT molecular complexity index is 890. The molecule has 2 aromatic rings. The highest BCUT2D eigenvalue weighted by atomic mass is 16.5. The molecular weight excluding hydrogens is 360 g/mol. The number of anilines is 2. The lowest BCUT2D eigenvalue weighted by Gasteiger charge is -2.25. The van der Waals surface area contributed by atoms with Crippen molar-refractivity contribution >= 4 is 23.3 Å². The van der Waals surface area contributed by atoms with E-state index in [1.165, 1.54) is 19.2 Å². The third-order valence-corrected chi connectivity index (χ3v) is 4.95. The van der Waals surface area contributed by atoms with E-state index in [0.29, 0.717) is 23.5 Å². The third-order valence-electron chi connectivity index (χ3n) is 4.95. The first-order valence-electron chi connectivity index (χ1n) is 9.27. The normalized spacial score (nSPS) is 13.4. The average molecular weight is 384 g/mol. The summed E-state index contributed by atoms with van der Waals surface area (Å²) in [5.41, 5.74) is 1.74. The highest BCUT2D eigenvalue weighted by Gasteiger charge is 2.22. The average Bonchev–Trinajstić information content (AvgIpc) is 3.23. The second-order valence-electron chi connectivity index (χ2n) is 6.64. The molecule has 148 valence electrons. The number of phenolic OH excluding ortho intramolecular Hbond substituents is 1. The minimum Gasteiger partial charge on any atom is -0.506 e. The summed E-state index contributed by atoms with van der Waals surface area (Å²) in [6.45, 7) is 3.94. The number of ether oxygens (including phenoxy) is 1. The van der Waals surface area contributed by atoms with E-state index in [-0.39, 0.29) is 23.0 Å². The Morgan fingerprint density at radius 2 is 1.86 bits per heavy atom. The summed E-state index contributed by atoms with van der Waals surface area (Å²) in [4.78, 5) is 27.5. The van der Waals surface area contributed by atoms with Crippen LogP contribution in [-0.2, 0) is 0 Å². The fraction of sp³-hybridized carbons (Fsp3) is 0.333. The number of hydrogen-bond acceptors (Lipinski definition) is 5. The molecule has 0 aromatic heterocycles. The number of amides is 1. The molecule has 1 amide bonds. The number of phenols is 1. The number of rotatable bonds is 6. The molecule has 1 saturated heterocycles. The van der Waals surface area contributed by atoms with Crippen molar-refractivity contribution in [2.45, 2.75) is 19.8 Å². The summed E-state index contributed by atoms with van der Waals surface area (Å²) < 4.78 is 5.20. The molecule has 28 heavy (non-hydrogen) atoms. The van der Waals surface area contributed by atoms with Crippen molar-refractivity contribution in [3.8, 4) is 11.5 Å². The number of hydrogen-bond donors (Lipinski definition) is 2. The van der Waals surface area contributed by atoms with Gasteiger partial charge < -0.3 is 24.7 Å². The van der Waals surface area contributed by atoms with E-state index in [4.69, 9.17) is 4.74 Å². The molecule has 1 heterocycles. The number of carboxylic acids is 1. The van der Waals surface area contributed by atoms with Crippen LogP contribution < -0.4 is 9.64 Å². The Hall–Kier alpha value is -3.22. The molecular formula is C21H24N2O5. The van der Waals surface area contributed by atoms with Crippen LogP contribution in [0.15, 0.2) is 36.4 Å². The number of benzene rings is 2. The van der Waals surface area contributed by atoms with E-state index in [2.05, 4.69) is 0 Å². The lowest BCUT2D eigenvalue weighted by Crippen LogP contribution is -2.27. The topological polar surface area (TPSA) is 90.3 Å². The van der Waals surface area contributed by atoms with Gasteiger partial charge in [0.2, 0.25) is 0 Å².